The van der Waals surface area contributed by atoms with Crippen molar-refractivity contribution in [3.63, 3.8) is 0 Å². The van der Waals surface area contributed by atoms with Gasteiger partial charge in [-0.25, -0.2) is 8.42 Å². The molecule has 0 atom stereocenters. The number of anilines is 2. The fourth-order valence-corrected chi connectivity index (χ4v) is 3.16. The molecule has 116 valence electrons. The van der Waals surface area contributed by atoms with Crippen molar-refractivity contribution >= 4 is 27.3 Å². The number of sulfonamides is 1. The van der Waals surface area contributed by atoms with E-state index in [-0.39, 0.29) is 10.8 Å². The van der Waals surface area contributed by atoms with Crippen LogP contribution in [0.15, 0.2) is 53.4 Å². The molecule has 0 aliphatic rings. The maximum Gasteiger partial charge on any atom is 0.264 e. The molecule has 0 saturated heterocycles. The first-order chi connectivity index (χ1) is 10.3. The first-order valence-electron chi connectivity index (χ1n) is 6.74. The molecule has 22 heavy (non-hydrogen) atoms. The summed E-state index contributed by atoms with van der Waals surface area (Å²) in [6.07, 6.45) is 0. The van der Waals surface area contributed by atoms with Crippen molar-refractivity contribution in [1.82, 2.24) is 0 Å². The lowest BCUT2D eigenvalue weighted by Gasteiger charge is -2.19. The molecule has 0 bridgehead atoms. The average Bonchev–Trinajstić information content (AvgIpc) is 2.47. The second kappa shape index (κ2) is 6.19. The quantitative estimate of drug-likeness (QED) is 0.942. The Morgan fingerprint density at radius 3 is 2.05 bits per heavy atom. The lowest BCUT2D eigenvalue weighted by atomic mass is 10.2. The molecule has 0 aromatic heterocycles. The summed E-state index contributed by atoms with van der Waals surface area (Å²) in [6, 6.07) is 13.3. The van der Waals surface area contributed by atoms with Crippen molar-refractivity contribution in [1.29, 1.82) is 0 Å². The fraction of sp³-hybridized carbons (Fsp3) is 0.188. The van der Waals surface area contributed by atoms with Gasteiger partial charge in [0.05, 0.1) is 10.6 Å². The minimum absolute atomic E-state index is 0.171. The summed E-state index contributed by atoms with van der Waals surface area (Å²) >= 11 is 0. The van der Waals surface area contributed by atoms with E-state index >= 15 is 0 Å². The van der Waals surface area contributed by atoms with Gasteiger partial charge in [-0.15, -0.1) is 0 Å². The van der Waals surface area contributed by atoms with Crippen LogP contribution >= 0.6 is 0 Å². The lowest BCUT2D eigenvalue weighted by molar-refractivity contribution is -0.114. The molecular formula is C16H18N2O3S. The van der Waals surface area contributed by atoms with Crippen LogP contribution in [-0.4, -0.2) is 21.4 Å². The van der Waals surface area contributed by atoms with Gasteiger partial charge in [-0.3, -0.25) is 9.10 Å². The predicted molar refractivity (Wildman–Crippen MR) is 87.5 cm³/mol. The standard InChI is InChI=1S/C16H18N2O3S/c1-12-4-8-15(9-5-12)18(3)22(20,21)16-10-6-14(7-11-16)17-13(2)19/h4-11H,1-3H3,(H,17,19). The van der Waals surface area contributed by atoms with E-state index in [1.54, 1.807) is 24.3 Å². The van der Waals surface area contributed by atoms with Crippen LogP contribution in [0.4, 0.5) is 11.4 Å². The van der Waals surface area contributed by atoms with Crippen molar-refractivity contribution in [3.8, 4) is 0 Å². The molecule has 1 amide bonds. The summed E-state index contributed by atoms with van der Waals surface area (Å²) in [4.78, 5) is 11.1. The zero-order valence-corrected chi connectivity index (χ0v) is 13.5. The molecular weight excluding hydrogens is 300 g/mol. The normalized spacial score (nSPS) is 11.0. The minimum Gasteiger partial charge on any atom is -0.326 e. The highest BCUT2D eigenvalue weighted by Crippen LogP contribution is 2.23. The first-order valence-corrected chi connectivity index (χ1v) is 8.18. The van der Waals surface area contributed by atoms with Gasteiger partial charge < -0.3 is 5.32 Å². The summed E-state index contributed by atoms with van der Waals surface area (Å²) in [5.74, 6) is -0.201. The number of aryl methyl sites for hydroxylation is 1. The Labute approximate surface area is 130 Å². The maximum atomic E-state index is 12.6. The van der Waals surface area contributed by atoms with E-state index < -0.39 is 10.0 Å². The van der Waals surface area contributed by atoms with Crippen LogP contribution in [0.25, 0.3) is 0 Å². The van der Waals surface area contributed by atoms with Crippen molar-refractivity contribution in [2.24, 2.45) is 0 Å². The van der Waals surface area contributed by atoms with Crippen LogP contribution in [0.5, 0.6) is 0 Å². The number of carbonyl (C=O) groups excluding carboxylic acids is 1. The Hall–Kier alpha value is -2.34. The molecule has 0 heterocycles. The third-order valence-corrected chi connectivity index (χ3v) is 5.03. The van der Waals surface area contributed by atoms with E-state index in [9.17, 15) is 13.2 Å². The summed E-state index contributed by atoms with van der Waals surface area (Å²) in [7, 11) is -2.11. The smallest absolute Gasteiger partial charge is 0.264 e. The highest BCUT2D eigenvalue weighted by molar-refractivity contribution is 7.92. The second-order valence-electron chi connectivity index (χ2n) is 5.01. The molecule has 0 saturated carbocycles. The molecule has 0 spiro atoms. The minimum atomic E-state index is -3.63. The Balaban J connectivity index is 2.29. The SMILES string of the molecule is CC(=O)Nc1ccc(S(=O)(=O)N(C)c2ccc(C)cc2)cc1. The van der Waals surface area contributed by atoms with Gasteiger partial charge in [0.1, 0.15) is 0 Å². The van der Waals surface area contributed by atoms with E-state index in [2.05, 4.69) is 5.32 Å². The molecule has 0 aliphatic carbocycles. The zero-order valence-electron chi connectivity index (χ0n) is 12.7. The molecule has 2 aromatic carbocycles. The number of hydrogen-bond acceptors (Lipinski definition) is 3. The first kappa shape index (κ1) is 16.0. The van der Waals surface area contributed by atoms with Crippen LogP contribution in [0.3, 0.4) is 0 Å². The predicted octanol–water partition coefficient (Wildman–Crippen LogP) is 2.78. The van der Waals surface area contributed by atoms with Gasteiger partial charge in [0.25, 0.3) is 10.0 Å². The molecule has 2 aromatic rings. The van der Waals surface area contributed by atoms with Gasteiger partial charge in [0.2, 0.25) is 5.91 Å². The van der Waals surface area contributed by atoms with Crippen molar-refractivity contribution in [2.45, 2.75) is 18.7 Å². The molecule has 1 N–H and O–H groups in total. The third-order valence-electron chi connectivity index (χ3n) is 3.23. The highest BCUT2D eigenvalue weighted by atomic mass is 32.2. The number of rotatable bonds is 4. The van der Waals surface area contributed by atoms with E-state index in [1.807, 2.05) is 19.1 Å². The highest BCUT2D eigenvalue weighted by Gasteiger charge is 2.21. The van der Waals surface area contributed by atoms with Crippen LogP contribution < -0.4 is 9.62 Å². The van der Waals surface area contributed by atoms with Gasteiger partial charge in [-0.1, -0.05) is 17.7 Å². The van der Waals surface area contributed by atoms with Crippen molar-refractivity contribution in [3.05, 3.63) is 54.1 Å². The number of nitrogens with one attached hydrogen (secondary N) is 1. The fourth-order valence-electron chi connectivity index (χ4n) is 1.97. The number of nitrogens with zero attached hydrogens (tertiary/aromatic N) is 1. The van der Waals surface area contributed by atoms with E-state index in [0.29, 0.717) is 11.4 Å². The van der Waals surface area contributed by atoms with Crippen molar-refractivity contribution in [2.75, 3.05) is 16.7 Å². The van der Waals surface area contributed by atoms with Crippen LogP contribution in [-0.2, 0) is 14.8 Å². The molecule has 0 aliphatic heterocycles. The van der Waals surface area contributed by atoms with E-state index in [0.717, 1.165) is 5.56 Å². The molecule has 0 fully saturated rings. The maximum absolute atomic E-state index is 12.6. The molecule has 6 heteroatoms. The Kier molecular flexibility index (Phi) is 4.51. The Morgan fingerprint density at radius 1 is 1.00 bits per heavy atom. The summed E-state index contributed by atoms with van der Waals surface area (Å²) < 4.78 is 26.4. The number of amides is 1. The van der Waals surface area contributed by atoms with Crippen LogP contribution in [0.1, 0.15) is 12.5 Å². The zero-order chi connectivity index (χ0) is 16.3. The average molecular weight is 318 g/mol. The van der Waals surface area contributed by atoms with Crippen LogP contribution in [0, 0.1) is 6.92 Å². The third kappa shape index (κ3) is 3.46. The molecule has 5 nitrogen and oxygen atoms in total. The van der Waals surface area contributed by atoms with Crippen LogP contribution in [0.2, 0.25) is 0 Å². The Morgan fingerprint density at radius 2 is 1.55 bits per heavy atom. The summed E-state index contributed by atoms with van der Waals surface area (Å²) in [5, 5.41) is 2.60. The number of carbonyl (C=O) groups is 1. The van der Waals surface area contributed by atoms with Gasteiger partial charge in [0, 0.05) is 19.7 Å². The second-order valence-corrected chi connectivity index (χ2v) is 6.98. The monoisotopic (exact) mass is 318 g/mol. The van der Waals surface area contributed by atoms with Gasteiger partial charge in [-0.2, -0.15) is 0 Å². The summed E-state index contributed by atoms with van der Waals surface area (Å²) in [5.41, 5.74) is 2.22. The number of hydrogen-bond donors (Lipinski definition) is 1. The largest absolute Gasteiger partial charge is 0.326 e. The van der Waals surface area contributed by atoms with Gasteiger partial charge in [-0.05, 0) is 43.3 Å². The summed E-state index contributed by atoms with van der Waals surface area (Å²) in [6.45, 7) is 3.34. The number of benzene rings is 2. The van der Waals surface area contributed by atoms with Gasteiger partial charge in [0.15, 0.2) is 0 Å². The lowest BCUT2D eigenvalue weighted by Crippen LogP contribution is -2.26. The van der Waals surface area contributed by atoms with E-state index in [4.69, 9.17) is 0 Å². The molecule has 2 rings (SSSR count). The van der Waals surface area contributed by atoms with Gasteiger partial charge >= 0.3 is 0 Å². The van der Waals surface area contributed by atoms with E-state index in [1.165, 1.54) is 30.4 Å². The topological polar surface area (TPSA) is 66.5 Å². The Bertz CT molecular complexity index is 766. The van der Waals surface area contributed by atoms with Crippen molar-refractivity contribution < 1.29 is 13.2 Å². The molecule has 0 radical (unpaired) electrons. The molecule has 0 unspecified atom stereocenters.